The van der Waals surface area contributed by atoms with Crippen LogP contribution in [0.15, 0.2) is 0 Å². The van der Waals surface area contributed by atoms with Crippen molar-refractivity contribution in [1.29, 1.82) is 0 Å². The van der Waals surface area contributed by atoms with Crippen LogP contribution < -0.4 is 0 Å². The molecule has 0 radical (unpaired) electrons. The number of rotatable bonds is 0. The largest absolute Gasteiger partial charge is 0.264 e. The highest BCUT2D eigenvalue weighted by Gasteiger charge is 2.36. The molecule has 0 aromatic heterocycles. The van der Waals surface area contributed by atoms with Crippen molar-refractivity contribution in [3.05, 3.63) is 0 Å². The average molecular weight is 648 g/mol. The lowest BCUT2D eigenvalue weighted by atomic mass is 10.4. The molecule has 0 spiro atoms. The third kappa shape index (κ3) is 3.90. The van der Waals surface area contributed by atoms with Crippen molar-refractivity contribution in [1.82, 2.24) is 19.6 Å². The maximum atomic E-state index is 2.47. The Balaban J connectivity index is 0.000000222. The molecule has 4 bridgehead atoms. The van der Waals surface area contributed by atoms with E-state index in [9.17, 15) is 0 Å². The van der Waals surface area contributed by atoms with E-state index in [4.69, 9.17) is 0 Å². The highest BCUT2D eigenvalue weighted by atomic mass is 128. The highest BCUT2D eigenvalue weighted by Crippen LogP contribution is 2.20. The lowest BCUT2D eigenvalue weighted by Crippen LogP contribution is -2.71. The summed E-state index contributed by atoms with van der Waals surface area (Å²) in [6.07, 6.45) is 0. The molecule has 4 heterocycles. The Hall–Kier alpha value is 2.76. The van der Waals surface area contributed by atoms with E-state index in [0.717, 1.165) is 0 Å². The van der Waals surface area contributed by atoms with Gasteiger partial charge >= 0.3 is 0 Å². The number of hydrogen-bond acceptors (Lipinski definition) is 4. The van der Waals surface area contributed by atoms with Crippen molar-refractivity contribution in [3.8, 4) is 0 Å². The molecule has 0 N–H and O–H groups in total. The summed E-state index contributed by atoms with van der Waals surface area (Å²) in [5.74, 6) is 0. The normalized spacial score (nSPS) is 42.0. The van der Waals surface area contributed by atoms with Crippen molar-refractivity contribution in [2.75, 3.05) is 40.0 Å². The standard InChI is InChI=1S/C6H12N4.2I2/c1-7-2-9-4-8(1)5-10(3-7)6-9;2*1-2/h1-6H2;;. The summed E-state index contributed by atoms with van der Waals surface area (Å²) in [5.41, 5.74) is 0. The van der Waals surface area contributed by atoms with Gasteiger partial charge in [0, 0.05) is 74.5 Å². The van der Waals surface area contributed by atoms with Gasteiger partial charge in [-0.05, 0) is 0 Å². The van der Waals surface area contributed by atoms with Crippen molar-refractivity contribution in [2.24, 2.45) is 0 Å². The summed E-state index contributed by atoms with van der Waals surface area (Å²) in [7, 11) is 0. The molecular formula is C6H12I4N4. The van der Waals surface area contributed by atoms with Crippen LogP contribution in [-0.2, 0) is 0 Å². The monoisotopic (exact) mass is 648 g/mol. The minimum absolute atomic E-state index is 1.19. The number of nitrogens with zero attached hydrogens (tertiary/aromatic N) is 4. The first-order valence-corrected chi connectivity index (χ1v) is 16.7. The Morgan fingerprint density at radius 1 is 0.429 bits per heavy atom. The van der Waals surface area contributed by atoms with E-state index < -0.39 is 0 Å². The molecule has 14 heavy (non-hydrogen) atoms. The first-order valence-electron chi connectivity index (χ1n) is 4.08. The maximum Gasteiger partial charge on any atom is 0.0555 e. The van der Waals surface area contributed by atoms with Gasteiger partial charge in [-0.25, -0.2) is 0 Å². The van der Waals surface area contributed by atoms with Crippen LogP contribution in [0.4, 0.5) is 0 Å². The van der Waals surface area contributed by atoms with E-state index in [1.807, 2.05) is 0 Å². The van der Waals surface area contributed by atoms with E-state index in [0.29, 0.717) is 0 Å². The first-order chi connectivity index (χ1) is 6.90. The van der Waals surface area contributed by atoms with E-state index in [1.54, 1.807) is 0 Å². The third-order valence-electron chi connectivity index (χ3n) is 2.40. The van der Waals surface area contributed by atoms with Gasteiger partial charge in [0.1, 0.15) is 0 Å². The number of halogens is 4. The Kier molecular flexibility index (Phi) is 8.43. The van der Waals surface area contributed by atoms with Crippen LogP contribution in [-0.4, -0.2) is 59.6 Å². The van der Waals surface area contributed by atoms with Crippen LogP contribution in [0.1, 0.15) is 0 Å². The predicted molar refractivity (Wildman–Crippen MR) is 92.6 cm³/mol. The molecule has 8 heteroatoms. The minimum Gasteiger partial charge on any atom is -0.264 e. The molecule has 84 valence electrons. The zero-order chi connectivity index (χ0) is 10.6. The molecule has 0 amide bonds. The van der Waals surface area contributed by atoms with Crippen LogP contribution in [0.3, 0.4) is 0 Å². The molecule has 0 aromatic carbocycles. The van der Waals surface area contributed by atoms with E-state index in [2.05, 4.69) is 94.1 Å². The Morgan fingerprint density at radius 3 is 0.714 bits per heavy atom. The second kappa shape index (κ2) is 7.97. The van der Waals surface area contributed by atoms with Gasteiger partial charge in [0.15, 0.2) is 0 Å². The van der Waals surface area contributed by atoms with Gasteiger partial charge in [-0.3, -0.25) is 19.6 Å². The van der Waals surface area contributed by atoms with Crippen molar-refractivity contribution in [2.45, 2.75) is 0 Å². The summed E-state index contributed by atoms with van der Waals surface area (Å²) in [6.45, 7) is 7.12. The zero-order valence-corrected chi connectivity index (χ0v) is 16.2. The van der Waals surface area contributed by atoms with Crippen LogP contribution in [0.5, 0.6) is 0 Å². The molecule has 4 rings (SSSR count). The van der Waals surface area contributed by atoms with Crippen LogP contribution >= 0.6 is 74.5 Å². The molecular weight excluding hydrogens is 636 g/mol. The van der Waals surface area contributed by atoms with E-state index in [-0.39, 0.29) is 0 Å². The fraction of sp³-hybridized carbons (Fsp3) is 1.00. The smallest absolute Gasteiger partial charge is 0.0555 e. The molecule has 4 aliphatic heterocycles. The summed E-state index contributed by atoms with van der Waals surface area (Å²) in [5, 5.41) is 0. The van der Waals surface area contributed by atoms with Crippen molar-refractivity contribution >= 4 is 74.5 Å². The molecule has 4 fully saturated rings. The quantitative estimate of drug-likeness (QED) is 0.375. The summed E-state index contributed by atoms with van der Waals surface area (Å²) < 4.78 is 0. The molecule has 0 aromatic rings. The van der Waals surface area contributed by atoms with Crippen molar-refractivity contribution in [3.63, 3.8) is 0 Å². The molecule has 0 unspecified atom stereocenters. The topological polar surface area (TPSA) is 13.0 Å². The van der Waals surface area contributed by atoms with Crippen LogP contribution in [0.2, 0.25) is 0 Å². The lowest BCUT2D eigenvalue weighted by molar-refractivity contribution is -0.194. The van der Waals surface area contributed by atoms with Gasteiger partial charge < -0.3 is 0 Å². The van der Waals surface area contributed by atoms with Crippen LogP contribution in [0, 0.1) is 0 Å². The van der Waals surface area contributed by atoms with Gasteiger partial charge in [0.25, 0.3) is 0 Å². The van der Waals surface area contributed by atoms with Gasteiger partial charge in [-0.1, -0.05) is 0 Å². The summed E-state index contributed by atoms with van der Waals surface area (Å²) in [6, 6.07) is 0. The molecule has 4 nitrogen and oxygen atoms in total. The fourth-order valence-electron chi connectivity index (χ4n) is 2.23. The zero-order valence-electron chi connectivity index (χ0n) is 7.54. The molecule has 4 saturated heterocycles. The Bertz CT molecular complexity index is 113. The van der Waals surface area contributed by atoms with Crippen molar-refractivity contribution < 1.29 is 0 Å². The van der Waals surface area contributed by atoms with Crippen LogP contribution in [0.25, 0.3) is 0 Å². The SMILES string of the molecule is C1N2CN3CN1CN(C2)C3.II.II. The Labute approximate surface area is 132 Å². The molecule has 0 atom stereocenters. The van der Waals surface area contributed by atoms with Gasteiger partial charge in [-0.2, -0.15) is 0 Å². The predicted octanol–water partition coefficient (Wildman–Crippen LogP) is 2.52. The molecule has 0 aliphatic carbocycles. The summed E-state index contributed by atoms with van der Waals surface area (Å²) in [4.78, 5) is 9.88. The van der Waals surface area contributed by atoms with Gasteiger partial charge in [0.2, 0.25) is 0 Å². The minimum atomic E-state index is 1.19. The first kappa shape index (κ1) is 14.8. The van der Waals surface area contributed by atoms with Gasteiger partial charge in [-0.15, -0.1) is 0 Å². The second-order valence-corrected chi connectivity index (χ2v) is 3.53. The lowest BCUT2D eigenvalue weighted by Gasteiger charge is -2.56. The Morgan fingerprint density at radius 2 is 0.571 bits per heavy atom. The highest BCUT2D eigenvalue weighted by molar-refractivity contribution is 15.0. The van der Waals surface area contributed by atoms with E-state index in [1.165, 1.54) is 40.0 Å². The third-order valence-corrected chi connectivity index (χ3v) is 2.40. The van der Waals surface area contributed by atoms with Gasteiger partial charge in [0.05, 0.1) is 40.0 Å². The fourth-order valence-corrected chi connectivity index (χ4v) is 2.23. The second-order valence-electron chi connectivity index (χ2n) is 3.53. The molecule has 4 aliphatic rings. The maximum absolute atomic E-state index is 2.47. The van der Waals surface area contributed by atoms with E-state index >= 15 is 0 Å². The number of hydrogen-bond donors (Lipinski definition) is 0. The summed E-state index contributed by atoms with van der Waals surface area (Å²) >= 11 is 8.48. The average Bonchev–Trinajstić information content (AvgIpc) is 2.22. The molecule has 0 saturated carbocycles.